The van der Waals surface area contributed by atoms with Gasteiger partial charge in [-0.3, -0.25) is 0 Å². The van der Waals surface area contributed by atoms with Crippen LogP contribution in [0.4, 0.5) is 0 Å². The molecule has 3 rings (SSSR count). The molecule has 1 aromatic carbocycles. The predicted molar refractivity (Wildman–Crippen MR) is 95.2 cm³/mol. The standard InChI is InChI=1S/C18H26O12/c19-5-9-11(21)13(23)15(25)17(29-9)27-7-2-1-3-8(4-7)28-18-16(26)14(24)12(22)10(6-20)30-18/h1-4,9-26H,5-6H2/t9-,10?,11-,12-,13?,14+,15?,16?,17-,18-/m1/s1. The summed E-state index contributed by atoms with van der Waals surface area (Å²) in [7, 11) is 0. The molecule has 0 aliphatic carbocycles. The van der Waals surface area contributed by atoms with E-state index in [1.54, 1.807) is 0 Å². The lowest BCUT2D eigenvalue weighted by atomic mass is 9.99. The van der Waals surface area contributed by atoms with Crippen molar-refractivity contribution in [1.82, 2.24) is 0 Å². The van der Waals surface area contributed by atoms with Gasteiger partial charge in [-0.15, -0.1) is 0 Å². The Bertz CT molecular complexity index is 632. The quantitative estimate of drug-likeness (QED) is 0.216. The van der Waals surface area contributed by atoms with E-state index in [9.17, 15) is 40.9 Å². The van der Waals surface area contributed by atoms with Gasteiger partial charge in [-0.2, -0.15) is 0 Å². The third-order valence-corrected chi connectivity index (χ3v) is 5.01. The maximum absolute atomic E-state index is 10.1. The van der Waals surface area contributed by atoms with E-state index < -0.39 is 74.6 Å². The molecule has 8 N–H and O–H groups in total. The second kappa shape index (κ2) is 9.70. The van der Waals surface area contributed by atoms with Gasteiger partial charge in [0.1, 0.15) is 60.3 Å². The highest BCUT2D eigenvalue weighted by molar-refractivity contribution is 5.33. The van der Waals surface area contributed by atoms with E-state index in [0.717, 1.165) is 0 Å². The monoisotopic (exact) mass is 434 g/mol. The van der Waals surface area contributed by atoms with E-state index in [4.69, 9.17) is 18.9 Å². The average Bonchev–Trinajstić information content (AvgIpc) is 2.74. The normalized spacial score (nSPS) is 42.0. The van der Waals surface area contributed by atoms with Gasteiger partial charge in [0.15, 0.2) is 0 Å². The van der Waals surface area contributed by atoms with Crippen LogP contribution >= 0.6 is 0 Å². The number of ether oxygens (including phenoxy) is 4. The van der Waals surface area contributed by atoms with Gasteiger partial charge in [-0.05, 0) is 12.1 Å². The largest absolute Gasteiger partial charge is 0.462 e. The number of benzene rings is 1. The molecular formula is C18H26O12. The second-order valence-corrected chi connectivity index (χ2v) is 7.11. The third-order valence-electron chi connectivity index (χ3n) is 5.01. The summed E-state index contributed by atoms with van der Waals surface area (Å²) < 4.78 is 21.5. The van der Waals surface area contributed by atoms with Crippen LogP contribution in [0.1, 0.15) is 0 Å². The Hall–Kier alpha value is -1.58. The summed E-state index contributed by atoms with van der Waals surface area (Å²) in [5.74, 6) is 0.225. The van der Waals surface area contributed by atoms with Crippen LogP contribution < -0.4 is 9.47 Å². The van der Waals surface area contributed by atoms with Crippen molar-refractivity contribution in [3.8, 4) is 11.5 Å². The number of hydrogen-bond donors (Lipinski definition) is 8. The van der Waals surface area contributed by atoms with Crippen LogP contribution in [0.15, 0.2) is 24.3 Å². The fourth-order valence-electron chi connectivity index (χ4n) is 3.22. The number of aliphatic hydroxyl groups excluding tert-OH is 8. The molecule has 10 atom stereocenters. The third kappa shape index (κ3) is 4.68. The molecule has 0 radical (unpaired) electrons. The van der Waals surface area contributed by atoms with Crippen molar-refractivity contribution in [2.24, 2.45) is 0 Å². The molecule has 12 nitrogen and oxygen atoms in total. The minimum absolute atomic E-state index is 0.112. The lowest BCUT2D eigenvalue weighted by molar-refractivity contribution is -0.278. The van der Waals surface area contributed by atoms with E-state index in [2.05, 4.69) is 0 Å². The summed E-state index contributed by atoms with van der Waals surface area (Å²) in [6.07, 6.45) is -14.5. The van der Waals surface area contributed by atoms with Gasteiger partial charge in [-0.25, -0.2) is 0 Å². The highest BCUT2D eigenvalue weighted by Gasteiger charge is 2.46. The van der Waals surface area contributed by atoms with Crippen molar-refractivity contribution >= 4 is 0 Å². The maximum atomic E-state index is 10.1. The van der Waals surface area contributed by atoms with Crippen molar-refractivity contribution in [2.45, 2.75) is 61.4 Å². The molecule has 0 saturated carbocycles. The summed E-state index contributed by atoms with van der Waals surface area (Å²) in [6, 6.07) is 5.78. The first kappa shape index (κ1) is 23.1. The fourth-order valence-corrected chi connectivity index (χ4v) is 3.22. The summed E-state index contributed by atoms with van der Waals surface area (Å²) >= 11 is 0. The van der Waals surface area contributed by atoms with Crippen molar-refractivity contribution < 1.29 is 59.8 Å². The molecule has 2 fully saturated rings. The van der Waals surface area contributed by atoms with Crippen LogP contribution in [0, 0.1) is 0 Å². The Morgan fingerprint density at radius 3 is 1.40 bits per heavy atom. The molecule has 1 aromatic rings. The molecule has 30 heavy (non-hydrogen) atoms. The molecular weight excluding hydrogens is 408 g/mol. The van der Waals surface area contributed by atoms with Gasteiger partial charge in [-0.1, -0.05) is 6.07 Å². The first-order valence-corrected chi connectivity index (χ1v) is 9.31. The zero-order valence-corrected chi connectivity index (χ0v) is 15.7. The summed E-state index contributed by atoms with van der Waals surface area (Å²) in [5.41, 5.74) is 0. The molecule has 2 aliphatic rings. The zero-order valence-electron chi connectivity index (χ0n) is 15.7. The van der Waals surface area contributed by atoms with Crippen LogP contribution in [0.2, 0.25) is 0 Å². The summed E-state index contributed by atoms with van der Waals surface area (Å²) in [6.45, 7) is -1.21. The molecule has 4 unspecified atom stereocenters. The molecule has 0 aromatic heterocycles. The lowest BCUT2D eigenvalue weighted by Gasteiger charge is -2.40. The molecule has 2 aliphatic heterocycles. The molecule has 2 saturated heterocycles. The highest BCUT2D eigenvalue weighted by atomic mass is 16.7. The summed E-state index contributed by atoms with van der Waals surface area (Å²) in [4.78, 5) is 0. The van der Waals surface area contributed by atoms with E-state index in [0.29, 0.717) is 0 Å². The number of hydrogen-bond acceptors (Lipinski definition) is 12. The SMILES string of the molecule is OCC1O[C@@H](Oc2cccc(O[C@@H]3O[C@H](CO)[C@@H](O)C(O)C3O)c2)C(O)[C@@H](O)[C@@H]1O. The van der Waals surface area contributed by atoms with Crippen molar-refractivity contribution in [1.29, 1.82) is 0 Å². The lowest BCUT2D eigenvalue weighted by Crippen LogP contribution is -2.60. The minimum atomic E-state index is -1.60. The van der Waals surface area contributed by atoms with Crippen LogP contribution in [0.5, 0.6) is 11.5 Å². The Morgan fingerprint density at radius 1 is 0.633 bits per heavy atom. The first-order chi connectivity index (χ1) is 14.3. The van der Waals surface area contributed by atoms with Crippen molar-refractivity contribution in [3.05, 3.63) is 24.3 Å². The van der Waals surface area contributed by atoms with Crippen molar-refractivity contribution in [3.63, 3.8) is 0 Å². The van der Waals surface area contributed by atoms with Crippen LogP contribution in [0.3, 0.4) is 0 Å². The van der Waals surface area contributed by atoms with Gasteiger partial charge in [0, 0.05) is 6.07 Å². The van der Waals surface area contributed by atoms with Gasteiger partial charge < -0.3 is 59.8 Å². The topological polar surface area (TPSA) is 199 Å². The molecule has 12 heteroatoms. The van der Waals surface area contributed by atoms with Crippen LogP contribution in [0.25, 0.3) is 0 Å². The first-order valence-electron chi connectivity index (χ1n) is 9.31. The van der Waals surface area contributed by atoms with Gasteiger partial charge in [0.2, 0.25) is 12.6 Å². The van der Waals surface area contributed by atoms with E-state index in [1.807, 2.05) is 0 Å². The smallest absolute Gasteiger partial charge is 0.229 e. The van der Waals surface area contributed by atoms with E-state index >= 15 is 0 Å². The minimum Gasteiger partial charge on any atom is -0.462 e. The zero-order chi connectivity index (χ0) is 22.0. The summed E-state index contributed by atoms with van der Waals surface area (Å²) in [5, 5.41) is 77.9. The Kier molecular flexibility index (Phi) is 7.47. The van der Waals surface area contributed by atoms with Gasteiger partial charge >= 0.3 is 0 Å². The molecule has 0 spiro atoms. The van der Waals surface area contributed by atoms with E-state index in [1.165, 1.54) is 24.3 Å². The highest BCUT2D eigenvalue weighted by Crippen LogP contribution is 2.29. The Balaban J connectivity index is 1.69. The number of rotatable bonds is 6. The van der Waals surface area contributed by atoms with E-state index in [-0.39, 0.29) is 11.5 Å². The fraction of sp³-hybridized carbons (Fsp3) is 0.667. The Labute approximate surface area is 171 Å². The molecule has 0 amide bonds. The Morgan fingerprint density at radius 2 is 1.03 bits per heavy atom. The van der Waals surface area contributed by atoms with Gasteiger partial charge in [0.05, 0.1) is 13.2 Å². The molecule has 0 bridgehead atoms. The molecule has 170 valence electrons. The van der Waals surface area contributed by atoms with Crippen molar-refractivity contribution in [2.75, 3.05) is 13.2 Å². The average molecular weight is 434 g/mol. The number of aliphatic hydroxyl groups is 8. The van der Waals surface area contributed by atoms with Gasteiger partial charge in [0.25, 0.3) is 0 Å². The van der Waals surface area contributed by atoms with Crippen LogP contribution in [-0.4, -0.2) is 115 Å². The molecule has 2 heterocycles. The predicted octanol–water partition coefficient (Wildman–Crippen LogP) is -3.96. The second-order valence-electron chi connectivity index (χ2n) is 7.11. The van der Waals surface area contributed by atoms with Crippen LogP contribution in [-0.2, 0) is 9.47 Å². The maximum Gasteiger partial charge on any atom is 0.229 e.